The molecule has 2 aliphatic heterocycles. The minimum Gasteiger partial charge on any atom is -0.337 e. The number of hydrogen-bond donors (Lipinski definition) is 1. The van der Waals surface area contributed by atoms with Crippen molar-refractivity contribution < 1.29 is 12.4 Å². The summed E-state index contributed by atoms with van der Waals surface area (Å²) in [6.07, 6.45) is 7.75. The van der Waals surface area contributed by atoms with Gasteiger partial charge < -0.3 is 10.2 Å². The van der Waals surface area contributed by atoms with Crippen LogP contribution in [0.15, 0.2) is 15.9 Å². The molecule has 1 aromatic heterocycles. The van der Waals surface area contributed by atoms with Crippen molar-refractivity contribution in [1.29, 1.82) is 0 Å². The van der Waals surface area contributed by atoms with Crippen molar-refractivity contribution >= 4 is 40.1 Å². The highest BCUT2D eigenvalue weighted by molar-refractivity contribution is 8.16. The van der Waals surface area contributed by atoms with Crippen LogP contribution in [-0.4, -0.2) is 50.7 Å². The van der Waals surface area contributed by atoms with Crippen molar-refractivity contribution in [3.05, 3.63) is 16.6 Å². The molecule has 0 radical (unpaired) electrons. The molecule has 1 saturated carbocycles. The van der Waals surface area contributed by atoms with E-state index in [1.807, 2.05) is 11.8 Å². The minimum absolute atomic E-state index is 0. The summed E-state index contributed by atoms with van der Waals surface area (Å²) in [5, 5.41) is 5.66. The number of nitrogens with one attached hydrogen (secondary N) is 1. The normalized spacial score (nSPS) is 32.1. The maximum atomic E-state index is 12.8. The van der Waals surface area contributed by atoms with Crippen molar-refractivity contribution in [2.24, 2.45) is 16.8 Å². The Morgan fingerprint density at radius 3 is 2.86 bits per heavy atom. The molecule has 8 heteroatoms. The van der Waals surface area contributed by atoms with Gasteiger partial charge in [0, 0.05) is 21.3 Å². The van der Waals surface area contributed by atoms with E-state index in [2.05, 4.69) is 17.2 Å². The van der Waals surface area contributed by atoms with Gasteiger partial charge in [-0.3, -0.25) is 14.6 Å². The Bertz CT molecular complexity index is 784. The van der Waals surface area contributed by atoms with Crippen LogP contribution in [0, 0.1) is 11.8 Å². The third-order valence-electron chi connectivity index (χ3n) is 6.70. The van der Waals surface area contributed by atoms with Gasteiger partial charge in [-0.25, -0.2) is 4.98 Å². The number of amides is 2. The molecule has 2 amide bonds. The summed E-state index contributed by atoms with van der Waals surface area (Å²) in [6, 6.07) is 0.356. The Balaban J connectivity index is 0.00000171. The molecule has 1 aromatic rings. The van der Waals surface area contributed by atoms with Gasteiger partial charge in [0.2, 0.25) is 5.91 Å². The van der Waals surface area contributed by atoms with Gasteiger partial charge in [0.25, 0.3) is 5.91 Å². The highest BCUT2D eigenvalue weighted by atomic mass is 32.2. The van der Waals surface area contributed by atoms with Gasteiger partial charge in [0.1, 0.15) is 10.4 Å². The lowest BCUT2D eigenvalue weighted by molar-refractivity contribution is -0.122. The van der Waals surface area contributed by atoms with Crippen molar-refractivity contribution in [1.82, 2.24) is 15.2 Å². The zero-order valence-electron chi connectivity index (χ0n) is 17.2. The van der Waals surface area contributed by atoms with Crippen LogP contribution in [0.2, 0.25) is 0 Å². The monoisotopic (exact) mass is 438 g/mol. The summed E-state index contributed by atoms with van der Waals surface area (Å²) >= 11 is 3.05. The Morgan fingerprint density at radius 2 is 2.17 bits per heavy atom. The summed E-state index contributed by atoms with van der Waals surface area (Å²) in [5.41, 5.74) is 2.22. The number of carbonyl (C=O) groups is 2. The number of thioether (sulfide) groups is 1. The van der Waals surface area contributed by atoms with E-state index in [1.54, 1.807) is 22.7 Å². The number of nitrogens with zero attached hydrogens (tertiary/aromatic N) is 3. The number of thiazole rings is 1. The van der Waals surface area contributed by atoms with Crippen LogP contribution in [0.3, 0.4) is 0 Å². The molecule has 3 fully saturated rings. The van der Waals surface area contributed by atoms with E-state index in [-0.39, 0.29) is 20.6 Å². The van der Waals surface area contributed by atoms with Crippen molar-refractivity contribution in [3.8, 4) is 0 Å². The van der Waals surface area contributed by atoms with E-state index >= 15 is 0 Å². The molecule has 0 aromatic carbocycles. The molecule has 1 N–H and O–H groups in total. The fourth-order valence-corrected chi connectivity index (χ4v) is 6.76. The molecule has 3 aliphatic rings. The molecule has 1 unspecified atom stereocenters. The summed E-state index contributed by atoms with van der Waals surface area (Å²) in [5.74, 6) is 1.12. The first-order valence-corrected chi connectivity index (χ1v) is 12.5. The van der Waals surface area contributed by atoms with Crippen LogP contribution in [0.1, 0.15) is 72.1 Å². The summed E-state index contributed by atoms with van der Waals surface area (Å²) < 4.78 is -0.490. The van der Waals surface area contributed by atoms with Gasteiger partial charge >= 0.3 is 0 Å². The van der Waals surface area contributed by atoms with E-state index in [4.69, 9.17) is 4.99 Å². The highest BCUT2D eigenvalue weighted by Gasteiger charge is 2.49. The van der Waals surface area contributed by atoms with Crippen molar-refractivity contribution in [2.45, 2.75) is 69.6 Å². The molecule has 0 bridgehead atoms. The fourth-order valence-electron chi connectivity index (χ4n) is 4.94. The number of aliphatic imine (C=N–C) groups is 1. The van der Waals surface area contributed by atoms with Crippen LogP contribution >= 0.6 is 23.1 Å². The number of aromatic nitrogens is 1. The minimum atomic E-state index is -0.490. The van der Waals surface area contributed by atoms with Gasteiger partial charge in [0.05, 0.1) is 11.6 Å². The predicted octanol–water partition coefficient (Wildman–Crippen LogP) is 4.43. The molecule has 6 nitrogen and oxygen atoms in total. The summed E-state index contributed by atoms with van der Waals surface area (Å²) in [4.78, 5) is 36.3. The lowest BCUT2D eigenvalue weighted by Gasteiger charge is -2.37. The molecule has 2 saturated heterocycles. The Kier molecular flexibility index (Phi) is 6.30. The number of piperidine rings is 1. The SMILES string of the molecule is CCC[C@@H]1CC[C@@H](N=C2NC(=O)C(C)(C3CCN(C(=O)c4cscn4)CC3)S2)C1.[HH].[HH]. The summed E-state index contributed by atoms with van der Waals surface area (Å²) in [7, 11) is 0. The Morgan fingerprint density at radius 1 is 1.38 bits per heavy atom. The van der Waals surface area contributed by atoms with E-state index in [0.29, 0.717) is 24.8 Å². The topological polar surface area (TPSA) is 74.7 Å². The fraction of sp³-hybridized carbons (Fsp3) is 0.714. The lowest BCUT2D eigenvalue weighted by atomic mass is 9.84. The van der Waals surface area contributed by atoms with Crippen molar-refractivity contribution in [2.75, 3.05) is 13.1 Å². The van der Waals surface area contributed by atoms with Crippen molar-refractivity contribution in [3.63, 3.8) is 0 Å². The molecule has 162 valence electrons. The van der Waals surface area contributed by atoms with Gasteiger partial charge in [-0.2, -0.15) is 0 Å². The second kappa shape index (κ2) is 8.76. The van der Waals surface area contributed by atoms with Crippen LogP contribution in [-0.2, 0) is 4.79 Å². The number of rotatable bonds is 5. The second-order valence-electron chi connectivity index (χ2n) is 8.66. The molecular formula is C21H34N4O2S2. The average molecular weight is 439 g/mol. The molecule has 0 spiro atoms. The van der Waals surface area contributed by atoms with Gasteiger partial charge in [-0.05, 0) is 50.9 Å². The molecule has 4 rings (SSSR count). The van der Waals surface area contributed by atoms with E-state index in [0.717, 1.165) is 36.8 Å². The van der Waals surface area contributed by atoms with E-state index in [9.17, 15) is 9.59 Å². The Labute approximate surface area is 183 Å². The lowest BCUT2D eigenvalue weighted by Crippen LogP contribution is -2.47. The van der Waals surface area contributed by atoms with Crippen LogP contribution in [0.4, 0.5) is 0 Å². The highest BCUT2D eigenvalue weighted by Crippen LogP contribution is 2.43. The van der Waals surface area contributed by atoms with Gasteiger partial charge in [-0.1, -0.05) is 31.5 Å². The van der Waals surface area contributed by atoms with Crippen LogP contribution < -0.4 is 5.32 Å². The third-order valence-corrected chi connectivity index (χ3v) is 8.63. The van der Waals surface area contributed by atoms with Crippen LogP contribution in [0.25, 0.3) is 0 Å². The van der Waals surface area contributed by atoms with Gasteiger partial charge in [0.15, 0.2) is 5.17 Å². The first-order chi connectivity index (χ1) is 14.0. The average Bonchev–Trinajstić information content (AvgIpc) is 3.45. The maximum Gasteiger partial charge on any atom is 0.273 e. The second-order valence-corrected chi connectivity index (χ2v) is 10.8. The van der Waals surface area contributed by atoms with E-state index < -0.39 is 4.75 Å². The molecular weight excluding hydrogens is 404 g/mol. The number of hydrogen-bond acceptors (Lipinski definition) is 6. The molecule has 3 atom stereocenters. The molecule has 29 heavy (non-hydrogen) atoms. The number of carbonyl (C=O) groups excluding carboxylic acids is 2. The van der Waals surface area contributed by atoms with E-state index in [1.165, 1.54) is 30.6 Å². The number of amidine groups is 1. The largest absolute Gasteiger partial charge is 0.337 e. The molecule has 1 aliphatic carbocycles. The zero-order chi connectivity index (χ0) is 20.4. The van der Waals surface area contributed by atoms with Gasteiger partial charge in [-0.15, -0.1) is 11.3 Å². The first kappa shape index (κ1) is 20.8. The first-order valence-electron chi connectivity index (χ1n) is 10.7. The summed E-state index contributed by atoms with van der Waals surface area (Å²) in [6.45, 7) is 5.65. The molecule has 3 heterocycles. The number of likely N-dealkylation sites (tertiary alicyclic amines) is 1. The zero-order valence-corrected chi connectivity index (χ0v) is 18.9. The predicted molar refractivity (Wildman–Crippen MR) is 123 cm³/mol. The smallest absolute Gasteiger partial charge is 0.273 e. The Hall–Kier alpha value is -1.41. The van der Waals surface area contributed by atoms with Crippen LogP contribution in [0.5, 0.6) is 0 Å². The maximum absolute atomic E-state index is 12.8. The standard InChI is InChI=1S/C21H30N4O2S2.2H2/c1-3-4-14-5-6-16(11-14)23-20-24-19(27)21(2,29-20)15-7-9-25(10-8-15)18(26)17-12-28-13-22-17;;/h12-16H,3-11H2,1-2H3,(H,23,24,27);2*1H/t14-,16-,21?;;/m1../s1. The quantitative estimate of drug-likeness (QED) is 0.738. The third kappa shape index (κ3) is 4.38.